The Bertz CT molecular complexity index is 1080. The van der Waals surface area contributed by atoms with Crippen molar-refractivity contribution in [2.24, 2.45) is 0 Å². The zero-order valence-corrected chi connectivity index (χ0v) is 14.6. The van der Waals surface area contributed by atoms with E-state index in [1.54, 1.807) is 18.2 Å². The molecule has 142 valence electrons. The molecule has 0 saturated heterocycles. The normalized spacial score (nSPS) is 12.6. The van der Waals surface area contributed by atoms with E-state index in [-0.39, 0.29) is 41.9 Å². The number of nitrogens with one attached hydrogen (secondary N) is 2. The molecule has 0 fully saturated rings. The standard InChI is InChI=1S/C20H15F2N3O3/c21-12-2-4-14(16(22)7-12)17-10-23-19(28-17)6-5-18(26)25-13-3-1-11-9-24-20(27)15(11)8-13/h1-4,7-8,10H,5-6,9H2,(H,24,27)(H,25,26). The summed E-state index contributed by atoms with van der Waals surface area (Å²) in [7, 11) is 0. The Morgan fingerprint density at radius 1 is 1.18 bits per heavy atom. The number of anilines is 1. The number of aryl methyl sites for hydroxylation is 1. The SMILES string of the molecule is O=C(CCc1ncc(-c2ccc(F)cc2F)o1)Nc1ccc2c(c1)C(=O)NC2. The molecule has 2 amide bonds. The van der Waals surface area contributed by atoms with Gasteiger partial charge >= 0.3 is 0 Å². The van der Waals surface area contributed by atoms with Gasteiger partial charge in [0.25, 0.3) is 5.91 Å². The van der Waals surface area contributed by atoms with Crippen molar-refractivity contribution in [2.45, 2.75) is 19.4 Å². The van der Waals surface area contributed by atoms with Crippen molar-refractivity contribution in [3.05, 3.63) is 71.2 Å². The lowest BCUT2D eigenvalue weighted by molar-refractivity contribution is -0.116. The van der Waals surface area contributed by atoms with Gasteiger partial charge in [0, 0.05) is 36.7 Å². The molecule has 1 aliphatic heterocycles. The van der Waals surface area contributed by atoms with Crippen molar-refractivity contribution >= 4 is 17.5 Å². The second-order valence-electron chi connectivity index (χ2n) is 6.35. The minimum atomic E-state index is -0.749. The van der Waals surface area contributed by atoms with E-state index in [2.05, 4.69) is 15.6 Å². The smallest absolute Gasteiger partial charge is 0.251 e. The predicted octanol–water partition coefficient (Wildman–Crippen LogP) is 3.43. The number of benzene rings is 2. The molecule has 2 N–H and O–H groups in total. The van der Waals surface area contributed by atoms with Crippen LogP contribution in [-0.2, 0) is 17.8 Å². The van der Waals surface area contributed by atoms with Gasteiger partial charge in [-0.2, -0.15) is 0 Å². The van der Waals surface area contributed by atoms with Crippen LogP contribution in [0, 0.1) is 11.6 Å². The van der Waals surface area contributed by atoms with Crippen molar-refractivity contribution < 1.29 is 22.8 Å². The van der Waals surface area contributed by atoms with Crippen LogP contribution < -0.4 is 10.6 Å². The molecule has 0 saturated carbocycles. The van der Waals surface area contributed by atoms with E-state index in [0.717, 1.165) is 17.7 Å². The molecular formula is C20H15F2N3O3. The van der Waals surface area contributed by atoms with E-state index < -0.39 is 11.6 Å². The first-order valence-electron chi connectivity index (χ1n) is 8.61. The van der Waals surface area contributed by atoms with E-state index in [1.165, 1.54) is 12.3 Å². The first-order valence-corrected chi connectivity index (χ1v) is 8.61. The number of fused-ring (bicyclic) bond motifs is 1. The summed E-state index contributed by atoms with van der Waals surface area (Å²) >= 11 is 0. The molecule has 3 aromatic rings. The molecule has 2 heterocycles. The third-order valence-electron chi connectivity index (χ3n) is 4.39. The molecule has 2 aromatic carbocycles. The summed E-state index contributed by atoms with van der Waals surface area (Å²) in [4.78, 5) is 27.9. The van der Waals surface area contributed by atoms with Crippen molar-refractivity contribution in [3.8, 4) is 11.3 Å². The maximum Gasteiger partial charge on any atom is 0.251 e. The Morgan fingerprint density at radius 3 is 2.86 bits per heavy atom. The molecule has 0 atom stereocenters. The van der Waals surface area contributed by atoms with Gasteiger partial charge in [0.2, 0.25) is 5.91 Å². The lowest BCUT2D eigenvalue weighted by Crippen LogP contribution is -2.14. The molecule has 0 bridgehead atoms. The first kappa shape index (κ1) is 17.8. The predicted molar refractivity (Wildman–Crippen MR) is 96.4 cm³/mol. The molecule has 0 unspecified atom stereocenters. The fraction of sp³-hybridized carbons (Fsp3) is 0.150. The number of carbonyl (C=O) groups is 2. The van der Waals surface area contributed by atoms with Crippen LogP contribution in [-0.4, -0.2) is 16.8 Å². The quantitative estimate of drug-likeness (QED) is 0.707. The van der Waals surface area contributed by atoms with Crippen LogP contribution in [0.3, 0.4) is 0 Å². The van der Waals surface area contributed by atoms with Crippen LogP contribution in [0.2, 0.25) is 0 Å². The molecular weight excluding hydrogens is 368 g/mol. The largest absolute Gasteiger partial charge is 0.441 e. The Kier molecular flexibility index (Phi) is 4.60. The van der Waals surface area contributed by atoms with Gasteiger partial charge in [0.05, 0.1) is 11.8 Å². The maximum absolute atomic E-state index is 13.8. The Hall–Kier alpha value is -3.55. The molecule has 4 rings (SSSR count). The average Bonchev–Trinajstić information content (AvgIpc) is 3.27. The van der Waals surface area contributed by atoms with Crippen LogP contribution >= 0.6 is 0 Å². The topological polar surface area (TPSA) is 84.2 Å². The molecule has 1 aromatic heterocycles. The molecule has 28 heavy (non-hydrogen) atoms. The van der Waals surface area contributed by atoms with E-state index >= 15 is 0 Å². The summed E-state index contributed by atoms with van der Waals surface area (Å²) < 4.78 is 32.3. The van der Waals surface area contributed by atoms with Crippen LogP contribution in [0.25, 0.3) is 11.3 Å². The lowest BCUT2D eigenvalue weighted by Gasteiger charge is -2.06. The van der Waals surface area contributed by atoms with Gasteiger partial charge in [-0.05, 0) is 29.8 Å². The fourth-order valence-electron chi connectivity index (χ4n) is 2.97. The molecule has 1 aliphatic rings. The number of nitrogens with zero attached hydrogens (tertiary/aromatic N) is 1. The molecule has 0 radical (unpaired) electrons. The lowest BCUT2D eigenvalue weighted by atomic mass is 10.1. The molecule has 0 aliphatic carbocycles. The third-order valence-corrected chi connectivity index (χ3v) is 4.39. The highest BCUT2D eigenvalue weighted by molar-refractivity contribution is 6.00. The number of hydrogen-bond acceptors (Lipinski definition) is 4. The average molecular weight is 383 g/mol. The minimum Gasteiger partial charge on any atom is -0.441 e. The highest BCUT2D eigenvalue weighted by Crippen LogP contribution is 2.25. The van der Waals surface area contributed by atoms with E-state index in [9.17, 15) is 18.4 Å². The highest BCUT2D eigenvalue weighted by Gasteiger charge is 2.19. The summed E-state index contributed by atoms with van der Waals surface area (Å²) in [5.74, 6) is -1.43. The van der Waals surface area contributed by atoms with E-state index in [4.69, 9.17) is 4.42 Å². The molecule has 6 nitrogen and oxygen atoms in total. The monoisotopic (exact) mass is 383 g/mol. The molecule has 0 spiro atoms. The van der Waals surface area contributed by atoms with Crippen molar-refractivity contribution in [1.29, 1.82) is 0 Å². The fourth-order valence-corrected chi connectivity index (χ4v) is 2.97. The highest BCUT2D eigenvalue weighted by atomic mass is 19.1. The summed E-state index contributed by atoms with van der Waals surface area (Å²) in [5.41, 5.74) is 2.07. The van der Waals surface area contributed by atoms with Gasteiger partial charge in [0.15, 0.2) is 11.7 Å². The zero-order chi connectivity index (χ0) is 19.7. The first-order chi connectivity index (χ1) is 13.5. The zero-order valence-electron chi connectivity index (χ0n) is 14.6. The van der Waals surface area contributed by atoms with Crippen molar-refractivity contribution in [1.82, 2.24) is 10.3 Å². The number of carbonyl (C=O) groups excluding carboxylic acids is 2. The Morgan fingerprint density at radius 2 is 2.04 bits per heavy atom. The minimum absolute atomic E-state index is 0.0924. The number of aromatic nitrogens is 1. The van der Waals surface area contributed by atoms with Gasteiger partial charge in [-0.3, -0.25) is 9.59 Å². The molecule has 8 heteroatoms. The maximum atomic E-state index is 13.8. The van der Waals surface area contributed by atoms with E-state index in [1.807, 2.05) is 0 Å². The Labute approximate surface area is 158 Å². The third kappa shape index (κ3) is 3.62. The number of rotatable bonds is 5. The van der Waals surface area contributed by atoms with Crippen LogP contribution in [0.1, 0.15) is 28.2 Å². The summed E-state index contributed by atoms with van der Waals surface area (Å²) in [6, 6.07) is 8.33. The van der Waals surface area contributed by atoms with Gasteiger partial charge in [-0.1, -0.05) is 6.07 Å². The van der Waals surface area contributed by atoms with Gasteiger partial charge in [0.1, 0.15) is 11.6 Å². The summed E-state index contributed by atoms with van der Waals surface area (Å²) in [6.45, 7) is 0.490. The van der Waals surface area contributed by atoms with Gasteiger partial charge in [-0.25, -0.2) is 13.8 Å². The van der Waals surface area contributed by atoms with Crippen LogP contribution in [0.4, 0.5) is 14.5 Å². The number of amides is 2. The second kappa shape index (κ2) is 7.22. The number of oxazole rings is 1. The Balaban J connectivity index is 1.37. The van der Waals surface area contributed by atoms with Gasteiger partial charge < -0.3 is 15.1 Å². The van der Waals surface area contributed by atoms with Crippen molar-refractivity contribution in [2.75, 3.05) is 5.32 Å². The van der Waals surface area contributed by atoms with Crippen molar-refractivity contribution in [3.63, 3.8) is 0 Å². The summed E-state index contributed by atoms with van der Waals surface area (Å²) in [5, 5.41) is 5.44. The summed E-state index contributed by atoms with van der Waals surface area (Å²) in [6.07, 6.45) is 1.64. The van der Waals surface area contributed by atoms with Crippen LogP contribution in [0.5, 0.6) is 0 Å². The van der Waals surface area contributed by atoms with Gasteiger partial charge in [-0.15, -0.1) is 0 Å². The number of halogens is 2. The second-order valence-corrected chi connectivity index (χ2v) is 6.35. The van der Waals surface area contributed by atoms with Crippen LogP contribution in [0.15, 0.2) is 47.0 Å². The number of hydrogen-bond donors (Lipinski definition) is 2. The van der Waals surface area contributed by atoms with E-state index in [0.29, 0.717) is 17.8 Å².